The van der Waals surface area contributed by atoms with E-state index in [1.165, 1.54) is 21.6 Å². The van der Waals surface area contributed by atoms with Crippen LogP contribution in [0.25, 0.3) is 5.00 Å². The van der Waals surface area contributed by atoms with Gasteiger partial charge in [-0.15, -0.1) is 21.5 Å². The molecule has 0 aliphatic carbocycles. The van der Waals surface area contributed by atoms with Crippen molar-refractivity contribution in [2.45, 2.75) is 34.2 Å². The van der Waals surface area contributed by atoms with Crippen LogP contribution in [0.15, 0.2) is 53.6 Å². The lowest BCUT2D eigenvalue weighted by atomic mass is 10.00. The second-order valence-corrected chi connectivity index (χ2v) is 9.49. The smallest absolute Gasteiger partial charge is 0.253 e. The summed E-state index contributed by atoms with van der Waals surface area (Å²) in [6.45, 7) is 9.00. The van der Waals surface area contributed by atoms with Crippen molar-refractivity contribution in [3.05, 3.63) is 92.1 Å². The first-order valence-electron chi connectivity index (χ1n) is 10.1. The summed E-state index contributed by atoms with van der Waals surface area (Å²) < 4.78 is 2.13. The van der Waals surface area contributed by atoms with Gasteiger partial charge in [-0.3, -0.25) is 4.57 Å². The number of hydrazone groups is 1. The Balaban J connectivity index is 1.75. The molecule has 0 N–H and O–H groups in total. The summed E-state index contributed by atoms with van der Waals surface area (Å²) in [4.78, 5) is 1.26. The number of hydrogen-bond donors (Lipinski definition) is 0. The molecule has 1 aliphatic rings. The maximum Gasteiger partial charge on any atom is 0.253 e. The monoisotopic (exact) mass is 447 g/mol. The van der Waals surface area contributed by atoms with Gasteiger partial charge in [0, 0.05) is 21.0 Å². The molecule has 4 aromatic rings. The molecule has 3 heterocycles. The number of thiophene rings is 1. The molecule has 0 radical (unpaired) electrons. The number of halogens is 1. The average Bonchev–Trinajstić information content (AvgIpc) is 3.21. The molecule has 5 rings (SSSR count). The molecule has 156 valence electrons. The summed E-state index contributed by atoms with van der Waals surface area (Å²) in [6, 6.07) is 16.4. The van der Waals surface area contributed by atoms with Gasteiger partial charge in [-0.25, -0.2) is 5.01 Å². The van der Waals surface area contributed by atoms with Crippen LogP contribution in [0, 0.1) is 27.7 Å². The summed E-state index contributed by atoms with van der Waals surface area (Å²) in [5.74, 6) is 1.57. The lowest BCUT2D eigenvalue weighted by Crippen LogP contribution is -2.20. The number of hydrogen-bond acceptors (Lipinski definition) is 5. The van der Waals surface area contributed by atoms with Crippen LogP contribution in [-0.4, -0.2) is 20.5 Å². The first-order chi connectivity index (χ1) is 14.9. The van der Waals surface area contributed by atoms with Crippen molar-refractivity contribution in [1.29, 1.82) is 0 Å². The lowest BCUT2D eigenvalue weighted by Gasteiger charge is -2.18. The summed E-state index contributed by atoms with van der Waals surface area (Å²) in [5.41, 5.74) is 6.69. The summed E-state index contributed by atoms with van der Waals surface area (Å²) >= 11 is 7.93. The van der Waals surface area contributed by atoms with Gasteiger partial charge < -0.3 is 0 Å². The van der Waals surface area contributed by atoms with Crippen LogP contribution < -0.4 is 5.01 Å². The van der Waals surface area contributed by atoms with Crippen LogP contribution in [0.3, 0.4) is 0 Å². The Hall–Kier alpha value is -2.96. The number of aromatic nitrogens is 3. The standard InChI is InChI=1S/C24H22ClN5S/c1-14-6-5-7-18(12-14)13-29-24-27-26-17(4)30(24)23-21(15(2)16(3)31-23)22(28-29)19-8-10-20(25)11-9-19/h5-12H,13H2,1-4H3. The van der Waals surface area contributed by atoms with Crippen LogP contribution in [-0.2, 0) is 6.54 Å². The Morgan fingerprint density at radius 2 is 1.74 bits per heavy atom. The molecule has 2 aromatic carbocycles. The van der Waals surface area contributed by atoms with Crippen LogP contribution in [0.2, 0.25) is 5.02 Å². The van der Waals surface area contributed by atoms with Crippen molar-refractivity contribution >= 4 is 34.6 Å². The van der Waals surface area contributed by atoms with Gasteiger partial charge in [0.25, 0.3) is 5.95 Å². The van der Waals surface area contributed by atoms with Crippen LogP contribution in [0.5, 0.6) is 0 Å². The zero-order chi connectivity index (χ0) is 21.7. The number of anilines is 1. The fourth-order valence-electron chi connectivity index (χ4n) is 3.92. The Bertz CT molecular complexity index is 1320. The molecule has 0 saturated heterocycles. The van der Waals surface area contributed by atoms with Crippen molar-refractivity contribution in [2.75, 3.05) is 5.01 Å². The molecular formula is C24H22ClN5S. The highest BCUT2D eigenvalue weighted by Gasteiger charge is 2.30. The lowest BCUT2D eigenvalue weighted by molar-refractivity contribution is 0.797. The van der Waals surface area contributed by atoms with E-state index in [1.54, 1.807) is 11.3 Å². The Morgan fingerprint density at radius 3 is 2.48 bits per heavy atom. The Morgan fingerprint density at radius 1 is 0.968 bits per heavy atom. The first-order valence-corrected chi connectivity index (χ1v) is 11.3. The zero-order valence-corrected chi connectivity index (χ0v) is 19.4. The highest BCUT2D eigenvalue weighted by molar-refractivity contribution is 7.15. The van der Waals surface area contributed by atoms with Crippen LogP contribution in [0.4, 0.5) is 5.95 Å². The third-order valence-corrected chi connectivity index (χ3v) is 7.04. The van der Waals surface area contributed by atoms with Gasteiger partial charge in [-0.05, 0) is 51.0 Å². The molecule has 5 nitrogen and oxygen atoms in total. The van der Waals surface area contributed by atoms with E-state index in [0.29, 0.717) is 11.6 Å². The maximum absolute atomic E-state index is 6.17. The minimum absolute atomic E-state index is 0.601. The molecule has 1 aliphatic heterocycles. The first kappa shape index (κ1) is 20.0. The second-order valence-electron chi connectivity index (χ2n) is 7.85. The molecule has 31 heavy (non-hydrogen) atoms. The highest BCUT2D eigenvalue weighted by Crippen LogP contribution is 2.38. The third-order valence-electron chi connectivity index (χ3n) is 5.60. The van der Waals surface area contributed by atoms with Gasteiger partial charge in [0.2, 0.25) is 0 Å². The van der Waals surface area contributed by atoms with Gasteiger partial charge in [0.1, 0.15) is 16.5 Å². The second kappa shape index (κ2) is 7.62. The number of benzene rings is 2. The van der Waals surface area contributed by atoms with Gasteiger partial charge in [0.05, 0.1) is 6.54 Å². The summed E-state index contributed by atoms with van der Waals surface area (Å²) in [7, 11) is 0. The highest BCUT2D eigenvalue weighted by atomic mass is 35.5. The quantitative estimate of drug-likeness (QED) is 0.387. The number of aryl methyl sites for hydroxylation is 3. The van der Waals surface area contributed by atoms with E-state index >= 15 is 0 Å². The minimum Gasteiger partial charge on any atom is -0.254 e. The molecule has 0 amide bonds. The maximum atomic E-state index is 6.17. The largest absolute Gasteiger partial charge is 0.254 e. The topological polar surface area (TPSA) is 46.3 Å². The van der Waals surface area contributed by atoms with Gasteiger partial charge >= 0.3 is 0 Å². The zero-order valence-electron chi connectivity index (χ0n) is 17.8. The molecule has 7 heteroatoms. The molecule has 2 aromatic heterocycles. The van der Waals surface area contributed by atoms with E-state index in [4.69, 9.17) is 16.7 Å². The molecule has 0 saturated carbocycles. The van der Waals surface area contributed by atoms with Crippen molar-refractivity contribution in [3.8, 4) is 5.00 Å². The van der Waals surface area contributed by atoms with Gasteiger partial charge in [-0.1, -0.05) is 53.6 Å². The van der Waals surface area contributed by atoms with E-state index in [0.717, 1.165) is 33.6 Å². The third kappa shape index (κ3) is 3.46. The molecule has 0 spiro atoms. The van der Waals surface area contributed by atoms with Crippen molar-refractivity contribution in [2.24, 2.45) is 5.10 Å². The fourth-order valence-corrected chi connectivity index (χ4v) is 5.24. The van der Waals surface area contributed by atoms with E-state index in [2.05, 4.69) is 59.8 Å². The van der Waals surface area contributed by atoms with Gasteiger partial charge in [0.15, 0.2) is 0 Å². The Kier molecular flexibility index (Phi) is 4.91. The molecular weight excluding hydrogens is 426 g/mol. The fraction of sp³-hybridized carbons (Fsp3) is 0.208. The van der Waals surface area contributed by atoms with Crippen LogP contribution in [0.1, 0.15) is 38.5 Å². The van der Waals surface area contributed by atoms with E-state index in [-0.39, 0.29) is 0 Å². The van der Waals surface area contributed by atoms with Gasteiger partial charge in [-0.2, -0.15) is 5.10 Å². The normalized spacial score (nSPS) is 12.9. The number of rotatable bonds is 3. The van der Waals surface area contributed by atoms with Crippen molar-refractivity contribution in [3.63, 3.8) is 0 Å². The van der Waals surface area contributed by atoms with E-state index < -0.39 is 0 Å². The summed E-state index contributed by atoms with van der Waals surface area (Å²) in [5, 5.41) is 17.8. The van der Waals surface area contributed by atoms with E-state index in [9.17, 15) is 0 Å². The molecule has 0 bridgehead atoms. The average molecular weight is 448 g/mol. The molecule has 0 fully saturated rings. The van der Waals surface area contributed by atoms with Crippen molar-refractivity contribution < 1.29 is 0 Å². The van der Waals surface area contributed by atoms with E-state index in [1.807, 2.05) is 36.2 Å². The summed E-state index contributed by atoms with van der Waals surface area (Å²) in [6.07, 6.45) is 0. The SMILES string of the molecule is Cc1cccc(CN2N=C(c3ccc(Cl)cc3)c3c(sc(C)c3C)-n3c(C)nnc32)c1. The van der Waals surface area contributed by atoms with Crippen LogP contribution >= 0.6 is 22.9 Å². The predicted molar refractivity (Wildman–Crippen MR) is 128 cm³/mol. The Labute approximate surface area is 190 Å². The number of fused-ring (bicyclic) bond motifs is 3. The number of nitrogens with zero attached hydrogens (tertiary/aromatic N) is 5. The molecule has 0 atom stereocenters. The minimum atomic E-state index is 0.601. The van der Waals surface area contributed by atoms with Crippen molar-refractivity contribution in [1.82, 2.24) is 14.8 Å². The predicted octanol–water partition coefficient (Wildman–Crippen LogP) is 5.99. The molecule has 0 unspecified atom stereocenters.